The smallest absolute Gasteiger partial charge is 0.140 e. The number of methoxy groups -OCH3 is 1. The van der Waals surface area contributed by atoms with Crippen molar-refractivity contribution >= 4 is 10.8 Å². The van der Waals surface area contributed by atoms with Crippen LogP contribution in [0, 0.1) is 0 Å². The summed E-state index contributed by atoms with van der Waals surface area (Å²) < 4.78 is 7.57. The normalized spacial score (nSPS) is 11.0. The highest BCUT2D eigenvalue weighted by Gasteiger charge is 2.10. The first-order valence-electron chi connectivity index (χ1n) is 10.0. The SMILES string of the molecule is COc1cccc(-c2nccn2Cc2cccc3cc(-c4ccccc4)ccc23)c1. The van der Waals surface area contributed by atoms with Gasteiger partial charge in [0.05, 0.1) is 7.11 Å². The Bertz CT molecular complexity index is 1310. The average Bonchev–Trinajstić information content (AvgIpc) is 3.28. The lowest BCUT2D eigenvalue weighted by Gasteiger charge is -2.12. The van der Waals surface area contributed by atoms with Gasteiger partial charge in [-0.3, -0.25) is 0 Å². The molecule has 0 fully saturated rings. The number of benzene rings is 4. The predicted molar refractivity (Wildman–Crippen MR) is 123 cm³/mol. The van der Waals surface area contributed by atoms with E-state index >= 15 is 0 Å². The van der Waals surface area contributed by atoms with E-state index in [4.69, 9.17) is 4.74 Å². The van der Waals surface area contributed by atoms with Gasteiger partial charge in [-0.15, -0.1) is 0 Å². The molecule has 1 aromatic heterocycles. The molecule has 0 saturated carbocycles. The topological polar surface area (TPSA) is 27.1 Å². The van der Waals surface area contributed by atoms with Crippen molar-refractivity contribution in [2.24, 2.45) is 0 Å². The molecule has 0 atom stereocenters. The summed E-state index contributed by atoms with van der Waals surface area (Å²) in [4.78, 5) is 4.60. The average molecular weight is 390 g/mol. The van der Waals surface area contributed by atoms with Crippen molar-refractivity contribution in [3.63, 3.8) is 0 Å². The van der Waals surface area contributed by atoms with Crippen molar-refractivity contribution in [2.45, 2.75) is 6.54 Å². The Labute approximate surface area is 176 Å². The fourth-order valence-corrected chi connectivity index (χ4v) is 3.94. The number of hydrogen-bond acceptors (Lipinski definition) is 2. The Hall–Kier alpha value is -3.85. The molecule has 146 valence electrons. The van der Waals surface area contributed by atoms with Crippen LogP contribution in [0.25, 0.3) is 33.3 Å². The maximum Gasteiger partial charge on any atom is 0.140 e. The number of fused-ring (bicyclic) bond motifs is 1. The molecule has 0 unspecified atom stereocenters. The first-order valence-corrected chi connectivity index (χ1v) is 10.0. The van der Waals surface area contributed by atoms with Crippen LogP contribution in [-0.4, -0.2) is 16.7 Å². The van der Waals surface area contributed by atoms with E-state index in [1.54, 1.807) is 7.11 Å². The lowest BCUT2D eigenvalue weighted by Crippen LogP contribution is -2.02. The number of rotatable bonds is 5. The molecular weight excluding hydrogens is 368 g/mol. The van der Waals surface area contributed by atoms with Crippen LogP contribution in [-0.2, 0) is 6.54 Å². The molecule has 5 rings (SSSR count). The highest BCUT2D eigenvalue weighted by Crippen LogP contribution is 2.28. The van der Waals surface area contributed by atoms with Crippen LogP contribution in [0.3, 0.4) is 0 Å². The zero-order valence-corrected chi connectivity index (χ0v) is 16.8. The Morgan fingerprint density at radius 1 is 0.767 bits per heavy atom. The largest absolute Gasteiger partial charge is 0.497 e. The van der Waals surface area contributed by atoms with Crippen LogP contribution < -0.4 is 4.74 Å². The van der Waals surface area contributed by atoms with E-state index in [-0.39, 0.29) is 0 Å². The van der Waals surface area contributed by atoms with E-state index in [9.17, 15) is 0 Å². The summed E-state index contributed by atoms with van der Waals surface area (Å²) in [6, 6.07) is 31.8. The van der Waals surface area contributed by atoms with Gasteiger partial charge in [0.15, 0.2) is 0 Å². The highest BCUT2D eigenvalue weighted by molar-refractivity contribution is 5.90. The van der Waals surface area contributed by atoms with E-state index < -0.39 is 0 Å². The predicted octanol–water partition coefficient (Wildman–Crippen LogP) is 6.43. The molecule has 0 amide bonds. The Morgan fingerprint density at radius 2 is 1.60 bits per heavy atom. The number of ether oxygens (including phenoxy) is 1. The Kier molecular flexibility index (Phi) is 4.78. The maximum atomic E-state index is 5.38. The molecule has 4 aromatic carbocycles. The molecule has 0 aliphatic heterocycles. The standard InChI is InChI=1S/C27H22N2O/c1-30-25-12-6-10-23(18-25)27-28-15-16-29(27)19-24-11-5-9-22-17-21(13-14-26(22)24)20-7-3-2-4-8-20/h2-18H,19H2,1H3. The van der Waals surface area contributed by atoms with Crippen molar-refractivity contribution in [1.82, 2.24) is 9.55 Å². The van der Waals surface area contributed by atoms with Gasteiger partial charge in [-0.05, 0) is 45.7 Å². The van der Waals surface area contributed by atoms with E-state index in [2.05, 4.69) is 76.3 Å². The van der Waals surface area contributed by atoms with Gasteiger partial charge in [0.2, 0.25) is 0 Å². The molecule has 0 spiro atoms. The molecule has 3 heteroatoms. The molecule has 0 N–H and O–H groups in total. The van der Waals surface area contributed by atoms with Crippen molar-refractivity contribution in [3.05, 3.63) is 109 Å². The highest BCUT2D eigenvalue weighted by atomic mass is 16.5. The zero-order chi connectivity index (χ0) is 20.3. The van der Waals surface area contributed by atoms with Crippen molar-refractivity contribution < 1.29 is 4.74 Å². The van der Waals surface area contributed by atoms with E-state index in [1.807, 2.05) is 36.7 Å². The summed E-state index contributed by atoms with van der Waals surface area (Å²) in [5.41, 5.74) is 4.79. The lowest BCUT2D eigenvalue weighted by molar-refractivity contribution is 0.415. The summed E-state index contributed by atoms with van der Waals surface area (Å²) in [7, 11) is 1.69. The van der Waals surface area contributed by atoms with Crippen LogP contribution in [0.2, 0.25) is 0 Å². The second kappa shape index (κ2) is 7.88. The van der Waals surface area contributed by atoms with Gasteiger partial charge in [0.25, 0.3) is 0 Å². The minimum absolute atomic E-state index is 0.758. The molecule has 3 nitrogen and oxygen atoms in total. The fourth-order valence-electron chi connectivity index (χ4n) is 3.94. The molecule has 1 heterocycles. The Morgan fingerprint density at radius 3 is 2.47 bits per heavy atom. The first kappa shape index (κ1) is 18.2. The molecule has 0 saturated heterocycles. The molecular formula is C27H22N2O. The minimum atomic E-state index is 0.758. The van der Waals surface area contributed by atoms with Gasteiger partial charge < -0.3 is 9.30 Å². The number of aromatic nitrogens is 2. The third-order valence-corrected chi connectivity index (χ3v) is 5.46. The van der Waals surface area contributed by atoms with E-state index in [1.165, 1.54) is 27.5 Å². The summed E-state index contributed by atoms with van der Waals surface area (Å²) >= 11 is 0. The molecule has 30 heavy (non-hydrogen) atoms. The first-order chi connectivity index (χ1) is 14.8. The molecule has 0 bridgehead atoms. The van der Waals surface area contributed by atoms with Gasteiger partial charge >= 0.3 is 0 Å². The molecule has 0 aliphatic rings. The van der Waals surface area contributed by atoms with Crippen LogP contribution in [0.1, 0.15) is 5.56 Å². The van der Waals surface area contributed by atoms with Crippen LogP contribution in [0.5, 0.6) is 5.75 Å². The lowest BCUT2D eigenvalue weighted by atomic mass is 9.98. The quantitative estimate of drug-likeness (QED) is 0.346. The second-order valence-electron chi connectivity index (χ2n) is 7.33. The molecule has 0 aliphatic carbocycles. The Balaban J connectivity index is 1.52. The maximum absolute atomic E-state index is 5.38. The van der Waals surface area contributed by atoms with Gasteiger partial charge in [-0.2, -0.15) is 0 Å². The van der Waals surface area contributed by atoms with Gasteiger partial charge in [0.1, 0.15) is 11.6 Å². The second-order valence-corrected chi connectivity index (χ2v) is 7.33. The summed E-state index contributed by atoms with van der Waals surface area (Å²) in [6.07, 6.45) is 3.89. The fraction of sp³-hybridized carbons (Fsp3) is 0.0741. The number of nitrogens with zero attached hydrogens (tertiary/aromatic N) is 2. The van der Waals surface area contributed by atoms with Crippen LogP contribution in [0.4, 0.5) is 0 Å². The molecule has 0 radical (unpaired) electrons. The van der Waals surface area contributed by atoms with Crippen molar-refractivity contribution in [2.75, 3.05) is 7.11 Å². The number of imidazole rings is 1. The van der Waals surface area contributed by atoms with Gasteiger partial charge in [-0.25, -0.2) is 4.98 Å². The summed E-state index contributed by atoms with van der Waals surface area (Å²) in [6.45, 7) is 0.758. The van der Waals surface area contributed by atoms with Crippen molar-refractivity contribution in [1.29, 1.82) is 0 Å². The summed E-state index contributed by atoms with van der Waals surface area (Å²) in [5.74, 6) is 1.77. The third-order valence-electron chi connectivity index (χ3n) is 5.46. The van der Waals surface area contributed by atoms with Gasteiger partial charge in [-0.1, -0.05) is 72.8 Å². The minimum Gasteiger partial charge on any atom is -0.497 e. The van der Waals surface area contributed by atoms with Gasteiger partial charge in [0, 0.05) is 24.5 Å². The van der Waals surface area contributed by atoms with Crippen LogP contribution >= 0.6 is 0 Å². The number of hydrogen-bond donors (Lipinski definition) is 0. The monoisotopic (exact) mass is 390 g/mol. The zero-order valence-electron chi connectivity index (χ0n) is 16.8. The third kappa shape index (κ3) is 3.46. The van der Waals surface area contributed by atoms with Crippen molar-refractivity contribution in [3.8, 4) is 28.3 Å². The van der Waals surface area contributed by atoms with E-state index in [0.29, 0.717) is 0 Å². The summed E-state index contributed by atoms with van der Waals surface area (Å²) in [5, 5.41) is 2.51. The van der Waals surface area contributed by atoms with Crippen LogP contribution in [0.15, 0.2) is 103 Å². The van der Waals surface area contributed by atoms with E-state index in [0.717, 1.165) is 23.7 Å². The molecule has 5 aromatic rings.